The fourth-order valence-corrected chi connectivity index (χ4v) is 2.15. The normalized spacial score (nSPS) is 16.7. The number of benzene rings is 1. The number of nitrogen functional groups attached to an aromatic ring is 1. The molecule has 0 atom stereocenters. The SMILES string of the molecule is Cc1ccc(C(=O)CCN2CCNCC2)cc1N. The summed E-state index contributed by atoms with van der Waals surface area (Å²) in [4.78, 5) is 14.4. The lowest BCUT2D eigenvalue weighted by Gasteiger charge is -2.26. The Morgan fingerprint density at radius 2 is 2.11 bits per heavy atom. The summed E-state index contributed by atoms with van der Waals surface area (Å²) in [5.74, 6) is 0.181. The van der Waals surface area contributed by atoms with Crippen molar-refractivity contribution in [1.82, 2.24) is 10.2 Å². The van der Waals surface area contributed by atoms with Gasteiger partial charge in [0.25, 0.3) is 0 Å². The summed E-state index contributed by atoms with van der Waals surface area (Å²) in [5.41, 5.74) is 8.28. The Balaban J connectivity index is 1.88. The molecule has 0 unspecified atom stereocenters. The van der Waals surface area contributed by atoms with E-state index in [1.165, 1.54) is 0 Å². The van der Waals surface area contributed by atoms with Crippen LogP contribution in [0.5, 0.6) is 0 Å². The number of nitrogens with two attached hydrogens (primary N) is 1. The highest BCUT2D eigenvalue weighted by atomic mass is 16.1. The quantitative estimate of drug-likeness (QED) is 0.617. The number of anilines is 1. The summed E-state index contributed by atoms with van der Waals surface area (Å²) in [6.45, 7) is 6.89. The van der Waals surface area contributed by atoms with Crippen molar-refractivity contribution in [1.29, 1.82) is 0 Å². The van der Waals surface area contributed by atoms with Gasteiger partial charge in [0.15, 0.2) is 5.78 Å². The molecule has 3 N–H and O–H groups in total. The maximum atomic E-state index is 12.1. The van der Waals surface area contributed by atoms with Gasteiger partial charge in [-0.2, -0.15) is 0 Å². The number of hydrogen-bond acceptors (Lipinski definition) is 4. The summed E-state index contributed by atoms with van der Waals surface area (Å²) in [7, 11) is 0. The van der Waals surface area contributed by atoms with Crippen molar-refractivity contribution in [3.63, 3.8) is 0 Å². The Morgan fingerprint density at radius 3 is 2.78 bits per heavy atom. The number of carbonyl (C=O) groups is 1. The van der Waals surface area contributed by atoms with E-state index in [0.717, 1.165) is 43.9 Å². The number of ketones is 1. The van der Waals surface area contributed by atoms with Crippen LogP contribution in [0.1, 0.15) is 22.3 Å². The number of aryl methyl sites for hydroxylation is 1. The van der Waals surface area contributed by atoms with E-state index in [1.54, 1.807) is 6.07 Å². The van der Waals surface area contributed by atoms with Crippen LogP contribution in [-0.2, 0) is 0 Å². The van der Waals surface area contributed by atoms with Gasteiger partial charge < -0.3 is 16.0 Å². The van der Waals surface area contributed by atoms with E-state index in [1.807, 2.05) is 19.1 Å². The van der Waals surface area contributed by atoms with E-state index < -0.39 is 0 Å². The van der Waals surface area contributed by atoms with Crippen LogP contribution in [0.25, 0.3) is 0 Å². The average molecular weight is 247 g/mol. The first-order valence-electron chi connectivity index (χ1n) is 6.49. The van der Waals surface area contributed by atoms with Crippen molar-refractivity contribution in [2.75, 3.05) is 38.5 Å². The molecule has 1 aromatic carbocycles. The molecule has 1 heterocycles. The molecule has 0 aromatic heterocycles. The summed E-state index contributed by atoms with van der Waals surface area (Å²) < 4.78 is 0. The molecule has 1 saturated heterocycles. The Bertz CT molecular complexity index is 425. The first kappa shape index (κ1) is 13.1. The van der Waals surface area contributed by atoms with Gasteiger partial charge in [0.05, 0.1) is 0 Å². The van der Waals surface area contributed by atoms with Crippen LogP contribution in [-0.4, -0.2) is 43.4 Å². The third-order valence-corrected chi connectivity index (χ3v) is 3.47. The topological polar surface area (TPSA) is 58.4 Å². The Kier molecular flexibility index (Phi) is 4.33. The van der Waals surface area contributed by atoms with E-state index in [0.29, 0.717) is 12.1 Å². The van der Waals surface area contributed by atoms with Gasteiger partial charge in [-0.3, -0.25) is 4.79 Å². The number of hydrogen-bond donors (Lipinski definition) is 2. The monoisotopic (exact) mass is 247 g/mol. The molecule has 0 amide bonds. The van der Waals surface area contributed by atoms with Gasteiger partial charge in [-0.25, -0.2) is 0 Å². The second-order valence-corrected chi connectivity index (χ2v) is 4.84. The summed E-state index contributed by atoms with van der Waals surface area (Å²) >= 11 is 0. The van der Waals surface area contributed by atoms with Gasteiger partial charge in [0.1, 0.15) is 0 Å². The van der Waals surface area contributed by atoms with E-state index in [9.17, 15) is 4.79 Å². The first-order chi connectivity index (χ1) is 8.66. The molecule has 0 bridgehead atoms. The molecule has 98 valence electrons. The van der Waals surface area contributed by atoms with Gasteiger partial charge in [0.2, 0.25) is 0 Å². The molecular formula is C14H21N3O. The third kappa shape index (κ3) is 3.31. The largest absolute Gasteiger partial charge is 0.398 e. The van der Waals surface area contributed by atoms with Crippen LogP contribution in [0.2, 0.25) is 0 Å². The number of Topliss-reactive ketones (excluding diaryl/α,β-unsaturated/α-hetero) is 1. The molecule has 1 fully saturated rings. The molecule has 4 nitrogen and oxygen atoms in total. The Hall–Kier alpha value is -1.39. The Morgan fingerprint density at radius 1 is 1.39 bits per heavy atom. The van der Waals surface area contributed by atoms with Crippen LogP contribution < -0.4 is 11.1 Å². The van der Waals surface area contributed by atoms with Crippen molar-refractivity contribution in [3.8, 4) is 0 Å². The molecule has 18 heavy (non-hydrogen) atoms. The number of rotatable bonds is 4. The lowest BCUT2D eigenvalue weighted by molar-refractivity contribution is 0.0960. The van der Waals surface area contributed by atoms with Crippen molar-refractivity contribution in [2.45, 2.75) is 13.3 Å². The van der Waals surface area contributed by atoms with Gasteiger partial charge >= 0.3 is 0 Å². The second kappa shape index (κ2) is 5.98. The van der Waals surface area contributed by atoms with Gasteiger partial charge in [0, 0.05) is 50.4 Å². The molecule has 1 aliphatic rings. The second-order valence-electron chi connectivity index (χ2n) is 4.84. The zero-order chi connectivity index (χ0) is 13.0. The lowest BCUT2D eigenvalue weighted by Crippen LogP contribution is -2.44. The third-order valence-electron chi connectivity index (χ3n) is 3.47. The number of carbonyl (C=O) groups excluding carboxylic acids is 1. The van der Waals surface area contributed by atoms with Crippen molar-refractivity contribution < 1.29 is 4.79 Å². The van der Waals surface area contributed by atoms with Gasteiger partial charge in [-0.1, -0.05) is 12.1 Å². The molecule has 0 aliphatic carbocycles. The Labute approximate surface area is 108 Å². The number of piperazine rings is 1. The number of nitrogens with zero attached hydrogens (tertiary/aromatic N) is 1. The van der Waals surface area contributed by atoms with Crippen LogP contribution in [0.3, 0.4) is 0 Å². The highest BCUT2D eigenvalue weighted by Gasteiger charge is 2.12. The zero-order valence-electron chi connectivity index (χ0n) is 10.9. The predicted molar refractivity (Wildman–Crippen MR) is 73.8 cm³/mol. The maximum absolute atomic E-state index is 12.1. The average Bonchev–Trinajstić information content (AvgIpc) is 2.40. The predicted octanol–water partition coefficient (Wildman–Crippen LogP) is 1.06. The van der Waals surface area contributed by atoms with Gasteiger partial charge in [-0.05, 0) is 18.6 Å². The summed E-state index contributed by atoms with van der Waals surface area (Å²) in [5, 5.41) is 3.30. The standard InChI is InChI=1S/C14H21N3O/c1-11-2-3-12(10-13(11)15)14(18)4-7-17-8-5-16-6-9-17/h2-3,10,16H,4-9,15H2,1H3. The maximum Gasteiger partial charge on any atom is 0.164 e. The summed E-state index contributed by atoms with van der Waals surface area (Å²) in [6.07, 6.45) is 0.572. The number of nitrogens with one attached hydrogen (secondary N) is 1. The van der Waals surface area contributed by atoms with E-state index in [2.05, 4.69) is 10.2 Å². The highest BCUT2D eigenvalue weighted by molar-refractivity contribution is 5.97. The fraction of sp³-hybridized carbons (Fsp3) is 0.500. The molecular weight excluding hydrogens is 226 g/mol. The van der Waals surface area contributed by atoms with Crippen LogP contribution in [0.4, 0.5) is 5.69 Å². The molecule has 0 spiro atoms. The van der Waals surface area contributed by atoms with Crippen LogP contribution in [0.15, 0.2) is 18.2 Å². The van der Waals surface area contributed by atoms with E-state index in [4.69, 9.17) is 5.73 Å². The molecule has 4 heteroatoms. The lowest BCUT2D eigenvalue weighted by atomic mass is 10.0. The molecule has 1 aromatic rings. The van der Waals surface area contributed by atoms with E-state index in [-0.39, 0.29) is 5.78 Å². The van der Waals surface area contributed by atoms with Crippen molar-refractivity contribution in [3.05, 3.63) is 29.3 Å². The summed E-state index contributed by atoms with van der Waals surface area (Å²) in [6, 6.07) is 5.56. The van der Waals surface area contributed by atoms with Crippen molar-refractivity contribution in [2.24, 2.45) is 0 Å². The molecule has 0 saturated carbocycles. The minimum absolute atomic E-state index is 0.181. The fourth-order valence-electron chi connectivity index (χ4n) is 2.15. The zero-order valence-corrected chi connectivity index (χ0v) is 10.9. The van der Waals surface area contributed by atoms with Crippen LogP contribution in [0, 0.1) is 6.92 Å². The van der Waals surface area contributed by atoms with Gasteiger partial charge in [-0.15, -0.1) is 0 Å². The minimum Gasteiger partial charge on any atom is -0.398 e. The minimum atomic E-state index is 0.181. The van der Waals surface area contributed by atoms with Crippen molar-refractivity contribution >= 4 is 11.5 Å². The van der Waals surface area contributed by atoms with E-state index >= 15 is 0 Å². The first-order valence-corrected chi connectivity index (χ1v) is 6.49. The smallest absolute Gasteiger partial charge is 0.164 e. The molecule has 2 rings (SSSR count). The molecule has 1 aliphatic heterocycles. The van der Waals surface area contributed by atoms with Crippen LogP contribution >= 0.6 is 0 Å². The molecule has 0 radical (unpaired) electrons. The highest BCUT2D eigenvalue weighted by Crippen LogP contribution is 2.14.